The number of ketones is 1. The zero-order valence-corrected chi connectivity index (χ0v) is 13.8. The third-order valence-electron chi connectivity index (χ3n) is 4.11. The second kappa shape index (κ2) is 7.56. The Morgan fingerprint density at radius 2 is 1.25 bits per heavy atom. The van der Waals surface area contributed by atoms with Crippen LogP contribution in [-0.2, 0) is 0 Å². The first-order valence-electron chi connectivity index (χ1n) is 8.23. The fraction of sp³-hybridized carbons (Fsp3) is 0.0870. The summed E-state index contributed by atoms with van der Waals surface area (Å²) in [6, 6.07) is 28.1. The van der Waals surface area contributed by atoms with Crippen LogP contribution in [0.2, 0.25) is 0 Å². The first-order valence-corrected chi connectivity index (χ1v) is 8.23. The lowest BCUT2D eigenvalue weighted by molar-refractivity contribution is 0.104. The van der Waals surface area contributed by atoms with Crippen LogP contribution >= 0.6 is 0 Å². The minimum Gasteiger partial charge on any atom is -0.289 e. The predicted octanol–water partition coefficient (Wildman–Crippen LogP) is 6.03. The number of carbonyl (C=O) groups excluding carboxylic acids is 1. The summed E-state index contributed by atoms with van der Waals surface area (Å²) in [6.07, 6.45) is 2.58. The van der Waals surface area contributed by atoms with Gasteiger partial charge in [-0.2, -0.15) is 0 Å². The smallest absolute Gasteiger partial charge is 0.186 e. The fourth-order valence-electron chi connectivity index (χ4n) is 2.74. The SMILES string of the molecule is CC/C(=C\C(=O)c1ccccc1)c1ccc(-c2ccccc2)cc1. The molecule has 1 heteroatoms. The third-order valence-corrected chi connectivity index (χ3v) is 4.11. The Bertz CT molecular complexity index is 828. The first-order chi connectivity index (χ1) is 11.8. The van der Waals surface area contributed by atoms with Gasteiger partial charge in [0.05, 0.1) is 0 Å². The molecule has 0 aromatic heterocycles. The van der Waals surface area contributed by atoms with Gasteiger partial charge in [-0.1, -0.05) is 91.9 Å². The lowest BCUT2D eigenvalue weighted by Crippen LogP contribution is -1.96. The van der Waals surface area contributed by atoms with Gasteiger partial charge in [0.25, 0.3) is 0 Å². The van der Waals surface area contributed by atoms with E-state index < -0.39 is 0 Å². The molecule has 0 N–H and O–H groups in total. The van der Waals surface area contributed by atoms with Gasteiger partial charge in [-0.3, -0.25) is 4.79 Å². The van der Waals surface area contributed by atoms with Crippen molar-refractivity contribution in [2.24, 2.45) is 0 Å². The molecule has 0 aliphatic heterocycles. The second-order valence-electron chi connectivity index (χ2n) is 5.70. The van der Waals surface area contributed by atoms with Crippen LogP contribution in [0.5, 0.6) is 0 Å². The summed E-state index contributed by atoms with van der Waals surface area (Å²) in [4.78, 5) is 12.4. The van der Waals surface area contributed by atoms with Crippen molar-refractivity contribution >= 4 is 11.4 Å². The number of rotatable bonds is 5. The first kappa shape index (κ1) is 15.9. The summed E-state index contributed by atoms with van der Waals surface area (Å²) in [5, 5.41) is 0. The zero-order valence-electron chi connectivity index (χ0n) is 13.8. The minimum atomic E-state index is 0.0552. The average molecular weight is 312 g/mol. The van der Waals surface area contributed by atoms with Gasteiger partial charge < -0.3 is 0 Å². The molecular formula is C23H20O. The molecule has 0 aliphatic carbocycles. The highest BCUT2D eigenvalue weighted by Gasteiger charge is 2.06. The normalized spacial score (nSPS) is 11.3. The molecule has 0 aliphatic rings. The van der Waals surface area contributed by atoms with E-state index in [0.29, 0.717) is 0 Å². The van der Waals surface area contributed by atoms with E-state index in [2.05, 4.69) is 43.3 Å². The summed E-state index contributed by atoms with van der Waals surface area (Å²) in [5.41, 5.74) is 5.27. The molecule has 0 unspecified atom stereocenters. The molecule has 3 aromatic carbocycles. The van der Waals surface area contributed by atoms with Crippen molar-refractivity contribution in [3.63, 3.8) is 0 Å². The highest BCUT2D eigenvalue weighted by molar-refractivity contribution is 6.08. The van der Waals surface area contributed by atoms with Gasteiger partial charge in [-0.25, -0.2) is 0 Å². The van der Waals surface area contributed by atoms with E-state index in [-0.39, 0.29) is 5.78 Å². The van der Waals surface area contributed by atoms with Crippen molar-refractivity contribution in [1.29, 1.82) is 0 Å². The number of hydrogen-bond donors (Lipinski definition) is 0. The molecule has 0 fully saturated rings. The fourth-order valence-corrected chi connectivity index (χ4v) is 2.74. The number of carbonyl (C=O) groups is 1. The molecule has 3 rings (SSSR count). The van der Waals surface area contributed by atoms with E-state index in [1.54, 1.807) is 6.08 Å². The van der Waals surface area contributed by atoms with Crippen molar-refractivity contribution in [2.45, 2.75) is 13.3 Å². The number of hydrogen-bond acceptors (Lipinski definition) is 1. The zero-order chi connectivity index (χ0) is 16.8. The van der Waals surface area contributed by atoms with Crippen molar-refractivity contribution in [2.75, 3.05) is 0 Å². The molecule has 0 bridgehead atoms. The maximum absolute atomic E-state index is 12.4. The Morgan fingerprint density at radius 3 is 1.83 bits per heavy atom. The third kappa shape index (κ3) is 3.69. The molecule has 1 nitrogen and oxygen atoms in total. The summed E-state index contributed by atoms with van der Waals surface area (Å²) in [6.45, 7) is 2.08. The highest BCUT2D eigenvalue weighted by Crippen LogP contribution is 2.24. The van der Waals surface area contributed by atoms with Crippen LogP contribution < -0.4 is 0 Å². The van der Waals surface area contributed by atoms with Crippen LogP contribution in [0.4, 0.5) is 0 Å². The molecule has 0 heterocycles. The van der Waals surface area contributed by atoms with Gasteiger partial charge in [0.1, 0.15) is 0 Å². The topological polar surface area (TPSA) is 17.1 Å². The van der Waals surface area contributed by atoms with E-state index in [0.717, 1.165) is 23.1 Å². The molecule has 0 saturated heterocycles. The molecule has 0 amide bonds. The maximum Gasteiger partial charge on any atom is 0.186 e. The Balaban J connectivity index is 1.86. The standard InChI is InChI=1S/C23H20O/c1-2-18(17-23(24)22-11-7-4-8-12-22)20-13-15-21(16-14-20)19-9-5-3-6-10-19/h3-17H,2H2,1H3/b18-17+. The van der Waals surface area contributed by atoms with Crippen LogP contribution in [0.3, 0.4) is 0 Å². The molecule has 0 atom stereocenters. The molecular weight excluding hydrogens is 292 g/mol. The summed E-state index contributed by atoms with van der Waals surface area (Å²) in [5.74, 6) is 0.0552. The number of allylic oxidation sites excluding steroid dienone is 2. The largest absolute Gasteiger partial charge is 0.289 e. The molecule has 118 valence electrons. The van der Waals surface area contributed by atoms with Gasteiger partial charge in [-0.15, -0.1) is 0 Å². The van der Waals surface area contributed by atoms with Gasteiger partial charge >= 0.3 is 0 Å². The van der Waals surface area contributed by atoms with Crippen molar-refractivity contribution in [1.82, 2.24) is 0 Å². The average Bonchev–Trinajstić information content (AvgIpc) is 2.67. The maximum atomic E-state index is 12.4. The van der Waals surface area contributed by atoms with Crippen molar-refractivity contribution in [3.05, 3.63) is 102 Å². The van der Waals surface area contributed by atoms with Crippen LogP contribution in [0, 0.1) is 0 Å². The van der Waals surface area contributed by atoms with Gasteiger partial charge in [0.2, 0.25) is 0 Å². The Labute approximate surface area is 143 Å². The monoisotopic (exact) mass is 312 g/mol. The van der Waals surface area contributed by atoms with Gasteiger partial charge in [0, 0.05) is 5.56 Å². The minimum absolute atomic E-state index is 0.0552. The molecule has 3 aromatic rings. The van der Waals surface area contributed by atoms with Crippen LogP contribution in [0.15, 0.2) is 91.0 Å². The van der Waals surface area contributed by atoms with Gasteiger partial charge in [-0.05, 0) is 34.8 Å². The second-order valence-corrected chi connectivity index (χ2v) is 5.70. The highest BCUT2D eigenvalue weighted by atomic mass is 16.1. The van der Waals surface area contributed by atoms with E-state index >= 15 is 0 Å². The lowest BCUT2D eigenvalue weighted by atomic mass is 9.97. The molecule has 0 radical (unpaired) electrons. The molecule has 24 heavy (non-hydrogen) atoms. The molecule has 0 spiro atoms. The lowest BCUT2D eigenvalue weighted by Gasteiger charge is -2.07. The molecule has 0 saturated carbocycles. The van der Waals surface area contributed by atoms with E-state index in [1.807, 2.05) is 48.5 Å². The summed E-state index contributed by atoms with van der Waals surface area (Å²) < 4.78 is 0. The Kier molecular flexibility index (Phi) is 5.02. The Hall–Kier alpha value is -2.93. The van der Waals surface area contributed by atoms with Crippen molar-refractivity contribution in [3.8, 4) is 11.1 Å². The van der Waals surface area contributed by atoms with Crippen LogP contribution in [-0.4, -0.2) is 5.78 Å². The number of benzene rings is 3. The van der Waals surface area contributed by atoms with E-state index in [4.69, 9.17) is 0 Å². The summed E-state index contributed by atoms with van der Waals surface area (Å²) >= 11 is 0. The van der Waals surface area contributed by atoms with Crippen LogP contribution in [0.25, 0.3) is 16.7 Å². The van der Waals surface area contributed by atoms with E-state index in [1.165, 1.54) is 11.1 Å². The Morgan fingerprint density at radius 1 is 0.708 bits per heavy atom. The van der Waals surface area contributed by atoms with Crippen molar-refractivity contribution < 1.29 is 4.79 Å². The van der Waals surface area contributed by atoms with Gasteiger partial charge in [0.15, 0.2) is 5.78 Å². The van der Waals surface area contributed by atoms with Crippen LogP contribution in [0.1, 0.15) is 29.3 Å². The quantitative estimate of drug-likeness (QED) is 0.415. The van der Waals surface area contributed by atoms with E-state index in [9.17, 15) is 4.79 Å². The summed E-state index contributed by atoms with van der Waals surface area (Å²) in [7, 11) is 0. The predicted molar refractivity (Wildman–Crippen MR) is 101 cm³/mol.